The molecule has 1 heterocycles. The van der Waals surface area contributed by atoms with Crippen LogP contribution in [-0.4, -0.2) is 55.3 Å². The summed E-state index contributed by atoms with van der Waals surface area (Å²) in [6.45, 7) is 2.81. The zero-order valence-electron chi connectivity index (χ0n) is 16.8. The predicted octanol–water partition coefficient (Wildman–Crippen LogP) is 3.41. The van der Waals surface area contributed by atoms with Crippen molar-refractivity contribution in [1.82, 2.24) is 9.80 Å². The molecule has 0 N–H and O–H groups in total. The Bertz CT molecular complexity index is 787. The van der Waals surface area contributed by atoms with Gasteiger partial charge < -0.3 is 14.7 Å². The van der Waals surface area contributed by atoms with Gasteiger partial charge in [0.2, 0.25) is 5.91 Å². The van der Waals surface area contributed by atoms with E-state index in [0.717, 1.165) is 37.2 Å². The molecule has 0 spiro atoms. The van der Waals surface area contributed by atoms with Gasteiger partial charge in [0.25, 0.3) is 5.91 Å². The summed E-state index contributed by atoms with van der Waals surface area (Å²) in [5.41, 5.74) is 2.65. The lowest BCUT2D eigenvalue weighted by molar-refractivity contribution is -0.119. The molecule has 3 rings (SSSR count). The SMILES string of the molecule is CN(C)CCN(Cc1ccccc1)C(=O)c1ccc(N2CCCCC2=O)cc1. The van der Waals surface area contributed by atoms with Crippen LogP contribution in [0, 0.1) is 0 Å². The minimum atomic E-state index is 0.0159. The zero-order chi connectivity index (χ0) is 19.9. The first kappa shape index (κ1) is 20.1. The van der Waals surface area contributed by atoms with E-state index in [0.29, 0.717) is 25.1 Å². The Labute approximate surface area is 167 Å². The van der Waals surface area contributed by atoms with Gasteiger partial charge in [-0.2, -0.15) is 0 Å². The molecule has 5 nitrogen and oxygen atoms in total. The fourth-order valence-corrected chi connectivity index (χ4v) is 3.42. The molecule has 0 atom stereocenters. The fraction of sp³-hybridized carbons (Fsp3) is 0.391. The number of nitrogens with zero attached hydrogens (tertiary/aromatic N) is 3. The Morgan fingerprint density at radius 2 is 1.68 bits per heavy atom. The standard InChI is InChI=1S/C23H29N3O2/c1-24(2)16-17-25(18-19-8-4-3-5-9-19)23(28)20-11-13-21(14-12-20)26-15-7-6-10-22(26)27/h3-5,8-9,11-14H,6-7,10,15-18H2,1-2H3. The fourth-order valence-electron chi connectivity index (χ4n) is 3.42. The van der Waals surface area contributed by atoms with Gasteiger partial charge in [0.1, 0.15) is 0 Å². The van der Waals surface area contributed by atoms with Crippen molar-refractivity contribution in [3.8, 4) is 0 Å². The molecule has 2 amide bonds. The molecule has 148 valence electrons. The van der Waals surface area contributed by atoms with Crippen LogP contribution in [0.1, 0.15) is 35.2 Å². The van der Waals surface area contributed by atoms with Crippen LogP contribution < -0.4 is 4.90 Å². The maximum absolute atomic E-state index is 13.1. The Hall–Kier alpha value is -2.66. The highest BCUT2D eigenvalue weighted by atomic mass is 16.2. The number of amides is 2. The Kier molecular flexibility index (Phi) is 6.82. The van der Waals surface area contributed by atoms with E-state index in [1.165, 1.54) is 0 Å². The molecule has 1 saturated heterocycles. The minimum absolute atomic E-state index is 0.0159. The Balaban J connectivity index is 1.74. The summed E-state index contributed by atoms with van der Waals surface area (Å²) in [6, 6.07) is 17.5. The second kappa shape index (κ2) is 9.51. The number of carbonyl (C=O) groups is 2. The lowest BCUT2D eigenvalue weighted by Crippen LogP contribution is -2.36. The summed E-state index contributed by atoms with van der Waals surface area (Å²) in [4.78, 5) is 31.1. The van der Waals surface area contributed by atoms with E-state index in [9.17, 15) is 9.59 Å². The van der Waals surface area contributed by atoms with Crippen molar-refractivity contribution in [2.75, 3.05) is 38.6 Å². The summed E-state index contributed by atoms with van der Waals surface area (Å²) < 4.78 is 0. The van der Waals surface area contributed by atoms with E-state index in [1.54, 1.807) is 0 Å². The molecule has 2 aromatic carbocycles. The molecular weight excluding hydrogens is 350 g/mol. The van der Waals surface area contributed by atoms with Gasteiger partial charge in [0.05, 0.1) is 0 Å². The van der Waals surface area contributed by atoms with Crippen LogP contribution in [0.5, 0.6) is 0 Å². The van der Waals surface area contributed by atoms with Crippen molar-refractivity contribution in [2.45, 2.75) is 25.8 Å². The molecule has 0 aromatic heterocycles. The van der Waals surface area contributed by atoms with Crippen molar-refractivity contribution in [3.05, 3.63) is 65.7 Å². The number of benzene rings is 2. The maximum Gasteiger partial charge on any atom is 0.254 e. The van der Waals surface area contributed by atoms with Crippen molar-refractivity contribution < 1.29 is 9.59 Å². The van der Waals surface area contributed by atoms with E-state index in [1.807, 2.05) is 78.5 Å². The van der Waals surface area contributed by atoms with Gasteiger partial charge >= 0.3 is 0 Å². The summed E-state index contributed by atoms with van der Waals surface area (Å²) >= 11 is 0. The number of piperidine rings is 1. The molecule has 1 aliphatic heterocycles. The highest BCUT2D eigenvalue weighted by Crippen LogP contribution is 2.22. The molecule has 0 unspecified atom stereocenters. The van der Waals surface area contributed by atoms with Crippen LogP contribution in [0.3, 0.4) is 0 Å². The van der Waals surface area contributed by atoms with Crippen molar-refractivity contribution >= 4 is 17.5 Å². The van der Waals surface area contributed by atoms with Crippen LogP contribution in [0.2, 0.25) is 0 Å². The van der Waals surface area contributed by atoms with Gasteiger partial charge in [-0.05, 0) is 56.8 Å². The zero-order valence-corrected chi connectivity index (χ0v) is 16.8. The van der Waals surface area contributed by atoms with Gasteiger partial charge in [-0.25, -0.2) is 0 Å². The summed E-state index contributed by atoms with van der Waals surface area (Å²) in [5, 5.41) is 0. The van der Waals surface area contributed by atoms with E-state index < -0.39 is 0 Å². The van der Waals surface area contributed by atoms with Crippen molar-refractivity contribution in [1.29, 1.82) is 0 Å². The summed E-state index contributed by atoms with van der Waals surface area (Å²) in [7, 11) is 4.02. The Morgan fingerprint density at radius 3 is 2.32 bits per heavy atom. The lowest BCUT2D eigenvalue weighted by Gasteiger charge is -2.27. The van der Waals surface area contributed by atoms with Gasteiger partial charge in [-0.3, -0.25) is 9.59 Å². The second-order valence-corrected chi connectivity index (χ2v) is 7.56. The average Bonchev–Trinajstić information content (AvgIpc) is 2.72. The third kappa shape index (κ3) is 5.20. The Morgan fingerprint density at radius 1 is 0.964 bits per heavy atom. The normalized spacial score (nSPS) is 14.4. The molecule has 1 fully saturated rings. The van der Waals surface area contributed by atoms with E-state index in [-0.39, 0.29) is 11.8 Å². The molecule has 28 heavy (non-hydrogen) atoms. The van der Waals surface area contributed by atoms with Crippen LogP contribution in [0.25, 0.3) is 0 Å². The topological polar surface area (TPSA) is 43.9 Å². The van der Waals surface area contributed by atoms with Gasteiger partial charge in [0.15, 0.2) is 0 Å². The first-order chi connectivity index (χ1) is 13.5. The number of hydrogen-bond donors (Lipinski definition) is 0. The largest absolute Gasteiger partial charge is 0.333 e. The van der Waals surface area contributed by atoms with E-state index in [2.05, 4.69) is 4.90 Å². The predicted molar refractivity (Wildman–Crippen MR) is 112 cm³/mol. The molecule has 0 aliphatic carbocycles. The van der Waals surface area contributed by atoms with Gasteiger partial charge in [-0.15, -0.1) is 0 Å². The smallest absolute Gasteiger partial charge is 0.254 e. The first-order valence-corrected chi connectivity index (χ1v) is 9.93. The molecular formula is C23H29N3O2. The van der Waals surface area contributed by atoms with E-state index in [4.69, 9.17) is 0 Å². The third-order valence-electron chi connectivity index (χ3n) is 5.07. The number of likely N-dealkylation sites (N-methyl/N-ethyl adjacent to an activating group) is 1. The number of carbonyl (C=O) groups excluding carboxylic acids is 2. The van der Waals surface area contributed by atoms with Crippen LogP contribution >= 0.6 is 0 Å². The third-order valence-corrected chi connectivity index (χ3v) is 5.07. The monoisotopic (exact) mass is 379 g/mol. The van der Waals surface area contributed by atoms with Crippen LogP contribution in [0.15, 0.2) is 54.6 Å². The van der Waals surface area contributed by atoms with Crippen LogP contribution in [-0.2, 0) is 11.3 Å². The molecule has 0 saturated carbocycles. The van der Waals surface area contributed by atoms with Crippen molar-refractivity contribution in [3.63, 3.8) is 0 Å². The number of hydrogen-bond acceptors (Lipinski definition) is 3. The maximum atomic E-state index is 13.1. The van der Waals surface area contributed by atoms with Gasteiger partial charge in [-0.1, -0.05) is 30.3 Å². The second-order valence-electron chi connectivity index (χ2n) is 7.56. The molecule has 2 aromatic rings. The quantitative estimate of drug-likeness (QED) is 0.741. The summed E-state index contributed by atoms with van der Waals surface area (Å²) in [5.74, 6) is 0.184. The first-order valence-electron chi connectivity index (χ1n) is 9.93. The molecule has 1 aliphatic rings. The van der Waals surface area contributed by atoms with Crippen LogP contribution in [0.4, 0.5) is 5.69 Å². The lowest BCUT2D eigenvalue weighted by atomic mass is 10.1. The van der Waals surface area contributed by atoms with Crippen molar-refractivity contribution in [2.24, 2.45) is 0 Å². The molecule has 5 heteroatoms. The number of anilines is 1. The highest BCUT2D eigenvalue weighted by Gasteiger charge is 2.21. The minimum Gasteiger partial charge on any atom is -0.333 e. The molecule has 0 bridgehead atoms. The van der Waals surface area contributed by atoms with E-state index >= 15 is 0 Å². The highest BCUT2D eigenvalue weighted by molar-refractivity contribution is 5.97. The molecule has 0 radical (unpaired) electrons. The van der Waals surface area contributed by atoms with Gasteiger partial charge in [0, 0.05) is 43.9 Å². The summed E-state index contributed by atoms with van der Waals surface area (Å²) in [6.07, 6.45) is 2.60. The average molecular weight is 380 g/mol. The number of rotatable bonds is 7.